The first-order valence-corrected chi connectivity index (χ1v) is 5.09. The molecular weight excluding hydrogens is 194 g/mol. The summed E-state index contributed by atoms with van der Waals surface area (Å²) in [4.78, 5) is 11.0. The Morgan fingerprint density at radius 3 is 2.87 bits per heavy atom. The van der Waals surface area contributed by atoms with Gasteiger partial charge in [0.25, 0.3) is 0 Å². The zero-order valence-corrected chi connectivity index (χ0v) is 9.38. The van der Waals surface area contributed by atoms with Crippen molar-refractivity contribution in [3.63, 3.8) is 0 Å². The van der Waals surface area contributed by atoms with Gasteiger partial charge in [0.05, 0.1) is 19.2 Å². The van der Waals surface area contributed by atoms with Crippen LogP contribution < -0.4 is 10.6 Å². The van der Waals surface area contributed by atoms with Crippen molar-refractivity contribution in [2.24, 2.45) is 5.92 Å². The summed E-state index contributed by atoms with van der Waals surface area (Å²) in [5.74, 6) is 0.365. The first kappa shape index (κ1) is 13.9. The number of hydrogen-bond donors (Lipinski definition) is 2. The van der Waals surface area contributed by atoms with Crippen molar-refractivity contribution < 1.29 is 9.53 Å². The number of nitrogens with one attached hydrogen (secondary N) is 2. The van der Waals surface area contributed by atoms with Gasteiger partial charge in [0.2, 0.25) is 5.91 Å². The average Bonchev–Trinajstić information content (AvgIpc) is 2.19. The van der Waals surface area contributed by atoms with Crippen LogP contribution in [-0.2, 0) is 9.53 Å². The Bertz CT molecular complexity index is 211. The zero-order chi connectivity index (χ0) is 11.5. The fourth-order valence-corrected chi connectivity index (χ4v) is 0.866. The van der Waals surface area contributed by atoms with Crippen molar-refractivity contribution in [2.45, 2.75) is 13.8 Å². The van der Waals surface area contributed by atoms with Gasteiger partial charge in [-0.15, -0.1) is 0 Å². The molecule has 0 unspecified atom stereocenters. The van der Waals surface area contributed by atoms with Gasteiger partial charge in [-0.2, -0.15) is 5.26 Å². The van der Waals surface area contributed by atoms with Crippen LogP contribution in [0.3, 0.4) is 0 Å². The minimum absolute atomic E-state index is 0.0599. The van der Waals surface area contributed by atoms with Crippen LogP contribution in [0.2, 0.25) is 0 Å². The monoisotopic (exact) mass is 213 g/mol. The summed E-state index contributed by atoms with van der Waals surface area (Å²) < 4.78 is 5.31. The lowest BCUT2D eigenvalue weighted by molar-refractivity contribution is -0.120. The van der Waals surface area contributed by atoms with Gasteiger partial charge in [-0.1, -0.05) is 13.8 Å². The van der Waals surface area contributed by atoms with E-state index < -0.39 is 0 Å². The minimum atomic E-state index is -0.166. The third kappa shape index (κ3) is 10.8. The van der Waals surface area contributed by atoms with Gasteiger partial charge in [0.15, 0.2) is 0 Å². The van der Waals surface area contributed by atoms with Gasteiger partial charge in [-0.05, 0) is 5.92 Å². The van der Waals surface area contributed by atoms with E-state index in [0.717, 1.165) is 6.61 Å². The van der Waals surface area contributed by atoms with E-state index in [4.69, 9.17) is 10.00 Å². The van der Waals surface area contributed by atoms with E-state index in [-0.39, 0.29) is 19.0 Å². The lowest BCUT2D eigenvalue weighted by Gasteiger charge is -2.07. The molecule has 0 rings (SSSR count). The highest BCUT2D eigenvalue weighted by Gasteiger charge is 1.98. The largest absolute Gasteiger partial charge is 0.380 e. The molecule has 0 aliphatic carbocycles. The maximum Gasteiger partial charge on any atom is 0.234 e. The van der Waals surface area contributed by atoms with E-state index in [1.807, 2.05) is 6.07 Å². The van der Waals surface area contributed by atoms with Crippen LogP contribution in [-0.4, -0.2) is 38.8 Å². The van der Waals surface area contributed by atoms with Crippen LogP contribution in [0.4, 0.5) is 0 Å². The Morgan fingerprint density at radius 1 is 1.53 bits per heavy atom. The molecule has 0 aromatic rings. The zero-order valence-electron chi connectivity index (χ0n) is 9.38. The van der Waals surface area contributed by atoms with Gasteiger partial charge in [-0.25, -0.2) is 0 Å². The topological polar surface area (TPSA) is 74.2 Å². The molecular formula is C10H19N3O2. The number of ether oxygens (including phenoxy) is 1. The molecule has 2 N–H and O–H groups in total. The quantitative estimate of drug-likeness (QED) is 0.436. The molecule has 0 saturated heterocycles. The summed E-state index contributed by atoms with van der Waals surface area (Å²) in [7, 11) is 0. The van der Waals surface area contributed by atoms with Gasteiger partial charge in [-0.3, -0.25) is 4.79 Å². The second-order valence-electron chi connectivity index (χ2n) is 3.58. The summed E-state index contributed by atoms with van der Waals surface area (Å²) in [5.41, 5.74) is 0. The number of nitrogens with zero attached hydrogens (tertiary/aromatic N) is 1. The summed E-state index contributed by atoms with van der Waals surface area (Å²) in [6, 6.07) is 1.84. The summed E-state index contributed by atoms with van der Waals surface area (Å²) in [6.45, 7) is 6.45. The molecule has 86 valence electrons. The van der Waals surface area contributed by atoms with Crippen LogP contribution in [0.25, 0.3) is 0 Å². The molecule has 5 heteroatoms. The Balaban J connectivity index is 3.17. The van der Waals surface area contributed by atoms with Gasteiger partial charge in [0, 0.05) is 13.2 Å². The maximum atomic E-state index is 11.0. The first-order valence-electron chi connectivity index (χ1n) is 5.09. The standard InChI is InChI=1S/C10H19N3O2/c1-9(2)8-15-6-5-12-7-10(14)13-4-3-11/h9,12H,4-8H2,1-2H3,(H,13,14). The van der Waals surface area contributed by atoms with Crippen molar-refractivity contribution in [3.8, 4) is 6.07 Å². The predicted molar refractivity (Wildman–Crippen MR) is 57.1 cm³/mol. The smallest absolute Gasteiger partial charge is 0.234 e. The summed E-state index contributed by atoms with van der Waals surface area (Å²) in [5, 5.41) is 13.6. The van der Waals surface area contributed by atoms with Crippen LogP contribution in [0.5, 0.6) is 0 Å². The highest BCUT2D eigenvalue weighted by Crippen LogP contribution is 1.90. The van der Waals surface area contributed by atoms with Gasteiger partial charge >= 0.3 is 0 Å². The number of rotatable bonds is 8. The predicted octanol–water partition coefficient (Wildman–Crippen LogP) is -0.112. The second kappa shape index (κ2) is 9.44. The van der Waals surface area contributed by atoms with E-state index in [9.17, 15) is 4.79 Å². The summed E-state index contributed by atoms with van der Waals surface area (Å²) in [6.07, 6.45) is 0. The lowest BCUT2D eigenvalue weighted by Crippen LogP contribution is -2.35. The molecule has 1 amide bonds. The van der Waals surface area contributed by atoms with E-state index in [1.165, 1.54) is 0 Å². The van der Waals surface area contributed by atoms with Gasteiger partial charge < -0.3 is 15.4 Å². The molecule has 15 heavy (non-hydrogen) atoms. The molecule has 0 aliphatic heterocycles. The number of carbonyl (C=O) groups excluding carboxylic acids is 1. The molecule has 0 saturated carbocycles. The minimum Gasteiger partial charge on any atom is -0.380 e. The van der Waals surface area contributed by atoms with E-state index in [0.29, 0.717) is 19.1 Å². The van der Waals surface area contributed by atoms with Crippen LogP contribution in [0.15, 0.2) is 0 Å². The highest BCUT2D eigenvalue weighted by molar-refractivity contribution is 5.78. The molecule has 5 nitrogen and oxygen atoms in total. The fraction of sp³-hybridized carbons (Fsp3) is 0.800. The third-order valence-electron chi connectivity index (χ3n) is 1.52. The summed E-state index contributed by atoms with van der Waals surface area (Å²) >= 11 is 0. The van der Waals surface area contributed by atoms with Crippen molar-refractivity contribution >= 4 is 5.91 Å². The van der Waals surface area contributed by atoms with Crippen LogP contribution >= 0.6 is 0 Å². The van der Waals surface area contributed by atoms with E-state index >= 15 is 0 Å². The molecule has 0 radical (unpaired) electrons. The van der Waals surface area contributed by atoms with Gasteiger partial charge in [0.1, 0.15) is 6.54 Å². The molecule has 0 atom stereocenters. The van der Waals surface area contributed by atoms with Crippen molar-refractivity contribution in [1.82, 2.24) is 10.6 Å². The van der Waals surface area contributed by atoms with Crippen molar-refractivity contribution in [1.29, 1.82) is 5.26 Å². The highest BCUT2D eigenvalue weighted by atomic mass is 16.5. The number of carbonyl (C=O) groups is 1. The Kier molecular flexibility index (Phi) is 8.73. The average molecular weight is 213 g/mol. The SMILES string of the molecule is CC(C)COCCNCC(=O)NCC#N. The first-order chi connectivity index (χ1) is 7.16. The normalized spacial score (nSPS) is 10.0. The number of amides is 1. The molecule has 0 bridgehead atoms. The fourth-order valence-electron chi connectivity index (χ4n) is 0.866. The molecule has 0 aromatic carbocycles. The number of hydrogen-bond acceptors (Lipinski definition) is 4. The molecule has 0 spiro atoms. The molecule has 0 aromatic heterocycles. The van der Waals surface area contributed by atoms with Crippen molar-refractivity contribution in [2.75, 3.05) is 32.8 Å². The van der Waals surface area contributed by atoms with E-state index in [1.54, 1.807) is 0 Å². The molecule has 0 heterocycles. The molecule has 0 aliphatic rings. The Morgan fingerprint density at radius 2 is 2.27 bits per heavy atom. The third-order valence-corrected chi connectivity index (χ3v) is 1.52. The van der Waals surface area contributed by atoms with Crippen molar-refractivity contribution in [3.05, 3.63) is 0 Å². The van der Waals surface area contributed by atoms with E-state index in [2.05, 4.69) is 24.5 Å². The molecule has 0 fully saturated rings. The van der Waals surface area contributed by atoms with Crippen LogP contribution in [0.1, 0.15) is 13.8 Å². The van der Waals surface area contributed by atoms with Crippen LogP contribution in [0, 0.1) is 17.2 Å². The lowest BCUT2D eigenvalue weighted by atomic mass is 10.2. The number of nitriles is 1. The Hall–Kier alpha value is -1.12. The Labute approximate surface area is 90.8 Å². The maximum absolute atomic E-state index is 11.0. The second-order valence-corrected chi connectivity index (χ2v) is 3.58.